The van der Waals surface area contributed by atoms with E-state index in [9.17, 15) is 4.79 Å². The van der Waals surface area contributed by atoms with Gasteiger partial charge in [0, 0.05) is 18.3 Å². The Bertz CT molecular complexity index is 446. The summed E-state index contributed by atoms with van der Waals surface area (Å²) in [4.78, 5) is 12.2. The number of benzene rings is 1. The van der Waals surface area contributed by atoms with E-state index in [1.807, 2.05) is 38.1 Å². The molecule has 3 atom stereocenters. The van der Waals surface area contributed by atoms with Crippen molar-refractivity contribution < 1.29 is 9.53 Å². The van der Waals surface area contributed by atoms with Crippen LogP contribution in [0.2, 0.25) is 0 Å². The molecule has 1 aromatic rings. The van der Waals surface area contributed by atoms with Crippen molar-refractivity contribution in [3.05, 3.63) is 29.8 Å². The van der Waals surface area contributed by atoms with Crippen LogP contribution in [0.4, 0.5) is 5.69 Å². The molecule has 4 heteroatoms. The molecule has 1 aliphatic heterocycles. The molecule has 1 saturated heterocycles. The largest absolute Gasteiger partial charge is 0.377 e. The van der Waals surface area contributed by atoms with Gasteiger partial charge in [-0.3, -0.25) is 4.79 Å². The van der Waals surface area contributed by atoms with E-state index < -0.39 is 0 Å². The smallest absolute Gasteiger partial charge is 0.230 e. The maximum Gasteiger partial charge on any atom is 0.230 e. The van der Waals surface area contributed by atoms with Gasteiger partial charge in [-0.1, -0.05) is 19.1 Å². The second kappa shape index (κ2) is 6.17. The van der Waals surface area contributed by atoms with Gasteiger partial charge in [0.15, 0.2) is 0 Å². The number of carbonyl (C=O) groups is 1. The first-order valence-electron chi connectivity index (χ1n) is 6.89. The van der Waals surface area contributed by atoms with E-state index >= 15 is 0 Å². The van der Waals surface area contributed by atoms with Crippen LogP contribution in [0.15, 0.2) is 24.3 Å². The Labute approximate surface area is 114 Å². The molecule has 19 heavy (non-hydrogen) atoms. The van der Waals surface area contributed by atoms with Gasteiger partial charge >= 0.3 is 0 Å². The lowest BCUT2D eigenvalue weighted by Gasteiger charge is -2.17. The first kappa shape index (κ1) is 14.0. The van der Waals surface area contributed by atoms with Gasteiger partial charge < -0.3 is 15.8 Å². The molecule has 0 aliphatic carbocycles. The quantitative estimate of drug-likeness (QED) is 0.876. The van der Waals surface area contributed by atoms with Gasteiger partial charge in [0.2, 0.25) is 5.91 Å². The number of anilines is 1. The molecule has 0 radical (unpaired) electrons. The van der Waals surface area contributed by atoms with E-state index in [2.05, 4.69) is 5.32 Å². The topological polar surface area (TPSA) is 64.3 Å². The zero-order valence-electron chi connectivity index (χ0n) is 11.6. The van der Waals surface area contributed by atoms with Gasteiger partial charge in [0.1, 0.15) is 0 Å². The summed E-state index contributed by atoms with van der Waals surface area (Å²) >= 11 is 0. The molecule has 1 fully saturated rings. The van der Waals surface area contributed by atoms with Crippen molar-refractivity contribution in [2.75, 3.05) is 11.9 Å². The molecule has 3 unspecified atom stereocenters. The van der Waals surface area contributed by atoms with E-state index in [0.29, 0.717) is 6.61 Å². The maximum absolute atomic E-state index is 12.2. The van der Waals surface area contributed by atoms with Crippen molar-refractivity contribution in [1.29, 1.82) is 0 Å². The second-order valence-corrected chi connectivity index (χ2v) is 5.12. The standard InChI is InChI=1S/C15H22N2O2/c1-3-14-13(7-8-19-14)15(18)17-12-6-4-5-11(9-12)10(2)16/h4-6,9-10,13-14H,3,7-8,16H2,1-2H3,(H,17,18). The van der Waals surface area contributed by atoms with Crippen LogP contribution in [-0.2, 0) is 9.53 Å². The number of rotatable bonds is 4. The predicted molar refractivity (Wildman–Crippen MR) is 75.8 cm³/mol. The van der Waals surface area contributed by atoms with Crippen LogP contribution in [0.1, 0.15) is 38.3 Å². The van der Waals surface area contributed by atoms with Crippen molar-refractivity contribution >= 4 is 11.6 Å². The van der Waals surface area contributed by atoms with Gasteiger partial charge in [0.25, 0.3) is 0 Å². The molecule has 1 heterocycles. The van der Waals surface area contributed by atoms with E-state index in [0.717, 1.165) is 24.1 Å². The minimum absolute atomic E-state index is 0.0324. The number of hydrogen-bond donors (Lipinski definition) is 2. The molecule has 104 valence electrons. The molecule has 2 rings (SSSR count). The Morgan fingerprint density at radius 2 is 2.37 bits per heavy atom. The highest BCUT2D eigenvalue weighted by atomic mass is 16.5. The Hall–Kier alpha value is -1.39. The van der Waals surface area contributed by atoms with Gasteiger partial charge in [0.05, 0.1) is 12.0 Å². The average Bonchev–Trinajstić information content (AvgIpc) is 2.87. The first-order chi connectivity index (χ1) is 9.11. The molecule has 1 amide bonds. The summed E-state index contributed by atoms with van der Waals surface area (Å²) in [6.45, 7) is 4.66. The van der Waals surface area contributed by atoms with Crippen molar-refractivity contribution in [2.45, 2.75) is 38.8 Å². The molecule has 1 aliphatic rings. The number of amides is 1. The van der Waals surface area contributed by atoms with Crippen LogP contribution in [0, 0.1) is 5.92 Å². The molecule has 4 nitrogen and oxygen atoms in total. The lowest BCUT2D eigenvalue weighted by atomic mass is 9.98. The van der Waals surface area contributed by atoms with Crippen LogP contribution in [0.3, 0.4) is 0 Å². The lowest BCUT2D eigenvalue weighted by molar-refractivity contribution is -0.121. The van der Waals surface area contributed by atoms with Crippen molar-refractivity contribution in [2.24, 2.45) is 11.7 Å². The zero-order valence-corrected chi connectivity index (χ0v) is 11.6. The van der Waals surface area contributed by atoms with Gasteiger partial charge in [-0.25, -0.2) is 0 Å². The fraction of sp³-hybridized carbons (Fsp3) is 0.533. The fourth-order valence-corrected chi connectivity index (χ4v) is 2.49. The number of carbonyl (C=O) groups excluding carboxylic acids is 1. The molecule has 3 N–H and O–H groups in total. The van der Waals surface area contributed by atoms with Crippen molar-refractivity contribution in [1.82, 2.24) is 0 Å². The highest BCUT2D eigenvalue weighted by Crippen LogP contribution is 2.25. The van der Waals surface area contributed by atoms with Crippen LogP contribution in [-0.4, -0.2) is 18.6 Å². The number of nitrogens with two attached hydrogens (primary N) is 1. The summed E-state index contributed by atoms with van der Waals surface area (Å²) in [5, 5.41) is 2.97. The third kappa shape index (κ3) is 3.33. The first-order valence-corrected chi connectivity index (χ1v) is 6.89. The third-order valence-corrected chi connectivity index (χ3v) is 3.63. The van der Waals surface area contributed by atoms with Crippen LogP contribution in [0.25, 0.3) is 0 Å². The number of hydrogen-bond acceptors (Lipinski definition) is 3. The monoisotopic (exact) mass is 262 g/mol. The molecular weight excluding hydrogens is 240 g/mol. The van der Waals surface area contributed by atoms with Crippen LogP contribution >= 0.6 is 0 Å². The highest BCUT2D eigenvalue weighted by molar-refractivity contribution is 5.93. The molecule has 0 aromatic heterocycles. The van der Waals surface area contributed by atoms with Gasteiger partial charge in [-0.15, -0.1) is 0 Å². The number of ether oxygens (including phenoxy) is 1. The van der Waals surface area contributed by atoms with E-state index in [4.69, 9.17) is 10.5 Å². The summed E-state index contributed by atoms with van der Waals surface area (Å²) < 4.78 is 5.55. The number of nitrogens with one attached hydrogen (secondary N) is 1. The SMILES string of the molecule is CCC1OCCC1C(=O)Nc1cccc(C(C)N)c1. The minimum Gasteiger partial charge on any atom is -0.377 e. The zero-order chi connectivity index (χ0) is 13.8. The Balaban J connectivity index is 2.04. The summed E-state index contributed by atoms with van der Waals surface area (Å²) in [5.74, 6) is 0.00938. The Morgan fingerprint density at radius 3 is 3.05 bits per heavy atom. The summed E-state index contributed by atoms with van der Waals surface area (Å²) in [5.41, 5.74) is 7.67. The Kier molecular flexibility index (Phi) is 4.56. The highest BCUT2D eigenvalue weighted by Gasteiger charge is 2.32. The predicted octanol–water partition coefficient (Wildman–Crippen LogP) is 2.46. The van der Waals surface area contributed by atoms with E-state index in [1.165, 1.54) is 0 Å². The third-order valence-electron chi connectivity index (χ3n) is 3.63. The normalized spacial score (nSPS) is 24.2. The van der Waals surface area contributed by atoms with Crippen LogP contribution < -0.4 is 11.1 Å². The van der Waals surface area contributed by atoms with E-state index in [1.54, 1.807) is 0 Å². The maximum atomic E-state index is 12.2. The average molecular weight is 262 g/mol. The minimum atomic E-state index is -0.0380. The summed E-state index contributed by atoms with van der Waals surface area (Å²) in [6, 6.07) is 7.67. The second-order valence-electron chi connectivity index (χ2n) is 5.12. The Morgan fingerprint density at radius 1 is 1.58 bits per heavy atom. The summed E-state index contributed by atoms with van der Waals surface area (Å²) in [7, 11) is 0. The van der Waals surface area contributed by atoms with Gasteiger partial charge in [-0.05, 0) is 37.5 Å². The van der Waals surface area contributed by atoms with Crippen molar-refractivity contribution in [3.63, 3.8) is 0 Å². The van der Waals surface area contributed by atoms with Crippen LogP contribution in [0.5, 0.6) is 0 Å². The molecule has 0 saturated carbocycles. The molecular formula is C15H22N2O2. The lowest BCUT2D eigenvalue weighted by Crippen LogP contribution is -2.29. The van der Waals surface area contributed by atoms with Gasteiger partial charge in [-0.2, -0.15) is 0 Å². The van der Waals surface area contributed by atoms with Crippen molar-refractivity contribution in [3.8, 4) is 0 Å². The van der Waals surface area contributed by atoms with E-state index in [-0.39, 0.29) is 24.0 Å². The molecule has 0 bridgehead atoms. The fourth-order valence-electron chi connectivity index (χ4n) is 2.49. The molecule has 1 aromatic carbocycles. The molecule has 0 spiro atoms. The summed E-state index contributed by atoms with van der Waals surface area (Å²) in [6.07, 6.45) is 1.73.